The molecule has 0 aromatic heterocycles. The lowest BCUT2D eigenvalue weighted by Crippen LogP contribution is -2.25. The number of hydrogen-bond donors (Lipinski definition) is 2. The number of nitrogens with zero attached hydrogens (tertiary/aromatic N) is 1. The van der Waals surface area contributed by atoms with Crippen molar-refractivity contribution in [2.24, 2.45) is 0 Å². The van der Waals surface area contributed by atoms with E-state index in [0.717, 1.165) is 11.6 Å². The van der Waals surface area contributed by atoms with Crippen LogP contribution >= 0.6 is 0 Å². The van der Waals surface area contributed by atoms with Crippen molar-refractivity contribution in [1.29, 1.82) is 0 Å². The van der Waals surface area contributed by atoms with Crippen LogP contribution in [0.4, 0.5) is 4.39 Å². The standard InChI is InChI=1S/C16H16FNO3/c1-18(9-11-3-2-4-12(17)7-11)10-16(21)14-6-5-13(19)8-15(14)20/h2-8,19-20H,9-10H2,1H3. The summed E-state index contributed by atoms with van der Waals surface area (Å²) < 4.78 is 13.1. The molecular formula is C16H16FNO3. The van der Waals surface area contributed by atoms with Crippen LogP contribution in [0.3, 0.4) is 0 Å². The van der Waals surface area contributed by atoms with Gasteiger partial charge in [-0.25, -0.2) is 4.39 Å². The Balaban J connectivity index is 2.02. The minimum atomic E-state index is -0.316. The van der Waals surface area contributed by atoms with Gasteiger partial charge in [0.25, 0.3) is 0 Å². The van der Waals surface area contributed by atoms with Crippen molar-refractivity contribution in [3.05, 3.63) is 59.4 Å². The third kappa shape index (κ3) is 4.03. The molecule has 0 spiro atoms. The lowest BCUT2D eigenvalue weighted by atomic mass is 10.1. The van der Waals surface area contributed by atoms with Gasteiger partial charge in [0, 0.05) is 12.6 Å². The van der Waals surface area contributed by atoms with Crippen LogP contribution in [0.2, 0.25) is 0 Å². The van der Waals surface area contributed by atoms with Crippen LogP contribution in [0.25, 0.3) is 0 Å². The summed E-state index contributed by atoms with van der Waals surface area (Å²) >= 11 is 0. The molecule has 0 bridgehead atoms. The summed E-state index contributed by atoms with van der Waals surface area (Å²) in [5.74, 6) is -0.939. The number of likely N-dealkylation sites (N-methyl/N-ethyl adjacent to an activating group) is 1. The zero-order valence-corrected chi connectivity index (χ0v) is 11.6. The molecule has 0 fully saturated rings. The number of carbonyl (C=O) groups excluding carboxylic acids is 1. The lowest BCUT2D eigenvalue weighted by Gasteiger charge is -2.16. The molecule has 5 heteroatoms. The summed E-state index contributed by atoms with van der Waals surface area (Å²) in [6, 6.07) is 10.0. The van der Waals surface area contributed by atoms with Gasteiger partial charge in [0.05, 0.1) is 12.1 Å². The Morgan fingerprint density at radius 1 is 1.19 bits per heavy atom. The molecule has 0 aliphatic rings. The Kier molecular flexibility index (Phi) is 4.55. The van der Waals surface area contributed by atoms with Gasteiger partial charge in [-0.3, -0.25) is 9.69 Å². The molecule has 4 nitrogen and oxygen atoms in total. The maximum atomic E-state index is 13.1. The van der Waals surface area contributed by atoms with E-state index in [2.05, 4.69) is 0 Å². The summed E-state index contributed by atoms with van der Waals surface area (Å²) in [5.41, 5.74) is 0.916. The quantitative estimate of drug-likeness (QED) is 0.830. The fraction of sp³-hybridized carbons (Fsp3) is 0.188. The van der Waals surface area contributed by atoms with Gasteiger partial charge in [-0.05, 0) is 36.9 Å². The molecule has 2 N–H and O–H groups in total. The average Bonchev–Trinajstić information content (AvgIpc) is 2.38. The Labute approximate surface area is 122 Å². The Bertz CT molecular complexity index is 658. The SMILES string of the molecule is CN(CC(=O)c1ccc(O)cc1O)Cc1cccc(F)c1. The smallest absolute Gasteiger partial charge is 0.180 e. The fourth-order valence-corrected chi connectivity index (χ4v) is 2.09. The molecular weight excluding hydrogens is 273 g/mol. The molecule has 0 heterocycles. The highest BCUT2D eigenvalue weighted by molar-refractivity contribution is 6.00. The van der Waals surface area contributed by atoms with Crippen LogP contribution in [0, 0.1) is 5.82 Å². The maximum absolute atomic E-state index is 13.1. The van der Waals surface area contributed by atoms with Crippen LogP contribution in [-0.4, -0.2) is 34.5 Å². The summed E-state index contributed by atoms with van der Waals surface area (Å²) in [6.07, 6.45) is 0. The van der Waals surface area contributed by atoms with Crippen molar-refractivity contribution >= 4 is 5.78 Å². The molecule has 0 saturated carbocycles. The first-order valence-electron chi connectivity index (χ1n) is 6.44. The molecule has 21 heavy (non-hydrogen) atoms. The van der Waals surface area contributed by atoms with Crippen LogP contribution in [-0.2, 0) is 6.54 Å². The van der Waals surface area contributed by atoms with Gasteiger partial charge < -0.3 is 10.2 Å². The number of aromatic hydroxyl groups is 2. The first-order valence-corrected chi connectivity index (χ1v) is 6.44. The van der Waals surface area contributed by atoms with Crippen molar-refractivity contribution in [3.63, 3.8) is 0 Å². The predicted octanol–water partition coefficient (Wildman–Crippen LogP) is 2.55. The van der Waals surface area contributed by atoms with E-state index in [9.17, 15) is 19.4 Å². The minimum Gasteiger partial charge on any atom is -0.508 e. The highest BCUT2D eigenvalue weighted by atomic mass is 19.1. The normalized spacial score (nSPS) is 10.8. The van der Waals surface area contributed by atoms with Crippen molar-refractivity contribution in [2.45, 2.75) is 6.54 Å². The minimum absolute atomic E-state index is 0.0782. The van der Waals surface area contributed by atoms with Gasteiger partial charge in [-0.15, -0.1) is 0 Å². The number of Topliss-reactive ketones (excluding diaryl/α,β-unsaturated/α-hetero) is 1. The van der Waals surface area contributed by atoms with Crippen LogP contribution in [0.1, 0.15) is 15.9 Å². The van der Waals surface area contributed by atoms with Crippen molar-refractivity contribution in [2.75, 3.05) is 13.6 Å². The van der Waals surface area contributed by atoms with Gasteiger partial charge in [-0.1, -0.05) is 12.1 Å². The molecule has 2 rings (SSSR count). The molecule has 0 saturated heterocycles. The van der Waals surface area contributed by atoms with E-state index in [1.54, 1.807) is 24.1 Å². The number of phenols is 2. The number of carbonyl (C=O) groups is 1. The van der Waals surface area contributed by atoms with E-state index in [4.69, 9.17) is 0 Å². The molecule has 0 atom stereocenters. The predicted molar refractivity (Wildman–Crippen MR) is 76.8 cm³/mol. The highest BCUT2D eigenvalue weighted by Crippen LogP contribution is 2.23. The Morgan fingerprint density at radius 3 is 2.62 bits per heavy atom. The number of ketones is 1. The number of hydrogen-bond acceptors (Lipinski definition) is 4. The van der Waals surface area contributed by atoms with Crippen molar-refractivity contribution in [1.82, 2.24) is 4.90 Å². The van der Waals surface area contributed by atoms with Gasteiger partial charge >= 0.3 is 0 Å². The molecule has 0 amide bonds. The van der Waals surface area contributed by atoms with Crippen molar-refractivity contribution in [3.8, 4) is 11.5 Å². The second kappa shape index (κ2) is 6.37. The van der Waals surface area contributed by atoms with Crippen molar-refractivity contribution < 1.29 is 19.4 Å². The summed E-state index contributed by atoms with van der Waals surface area (Å²) in [5, 5.41) is 18.9. The Morgan fingerprint density at radius 2 is 1.95 bits per heavy atom. The third-order valence-corrected chi connectivity index (χ3v) is 3.04. The number of halogens is 1. The lowest BCUT2D eigenvalue weighted by molar-refractivity contribution is 0.0940. The molecule has 0 radical (unpaired) electrons. The van der Waals surface area contributed by atoms with E-state index < -0.39 is 0 Å². The maximum Gasteiger partial charge on any atom is 0.180 e. The van der Waals surface area contributed by atoms with Crippen LogP contribution in [0.15, 0.2) is 42.5 Å². The van der Waals surface area contributed by atoms with Crippen LogP contribution < -0.4 is 0 Å². The second-order valence-corrected chi connectivity index (χ2v) is 4.93. The van der Waals surface area contributed by atoms with E-state index in [-0.39, 0.29) is 35.2 Å². The average molecular weight is 289 g/mol. The topological polar surface area (TPSA) is 60.8 Å². The van der Waals surface area contributed by atoms with Gasteiger partial charge in [0.2, 0.25) is 0 Å². The van der Waals surface area contributed by atoms with Crippen LogP contribution in [0.5, 0.6) is 11.5 Å². The fourth-order valence-electron chi connectivity index (χ4n) is 2.09. The van der Waals surface area contributed by atoms with Gasteiger partial charge in [0.15, 0.2) is 5.78 Å². The van der Waals surface area contributed by atoms with Gasteiger partial charge in [-0.2, -0.15) is 0 Å². The monoisotopic (exact) mass is 289 g/mol. The summed E-state index contributed by atoms with van der Waals surface area (Å²) in [4.78, 5) is 13.8. The van der Waals surface area contributed by atoms with E-state index in [1.165, 1.54) is 24.3 Å². The van der Waals surface area contributed by atoms with E-state index in [0.29, 0.717) is 6.54 Å². The molecule has 0 aliphatic carbocycles. The molecule has 0 aliphatic heterocycles. The molecule has 2 aromatic rings. The number of rotatable bonds is 5. The van der Waals surface area contributed by atoms with E-state index >= 15 is 0 Å². The number of phenolic OH excluding ortho intramolecular Hbond substituents is 2. The first-order chi connectivity index (χ1) is 9.95. The Hall–Kier alpha value is -2.40. The zero-order valence-electron chi connectivity index (χ0n) is 11.6. The molecule has 110 valence electrons. The molecule has 2 aromatic carbocycles. The largest absolute Gasteiger partial charge is 0.508 e. The first kappa shape index (κ1) is 15.0. The highest BCUT2D eigenvalue weighted by Gasteiger charge is 2.14. The van der Waals surface area contributed by atoms with E-state index in [1.807, 2.05) is 0 Å². The summed E-state index contributed by atoms with van der Waals surface area (Å²) in [6.45, 7) is 0.497. The number of benzene rings is 2. The zero-order chi connectivity index (χ0) is 15.4. The van der Waals surface area contributed by atoms with Gasteiger partial charge in [0.1, 0.15) is 17.3 Å². The second-order valence-electron chi connectivity index (χ2n) is 4.93. The third-order valence-electron chi connectivity index (χ3n) is 3.04. The summed E-state index contributed by atoms with van der Waals surface area (Å²) in [7, 11) is 1.74. The molecule has 0 unspecified atom stereocenters.